The highest BCUT2D eigenvalue weighted by molar-refractivity contribution is 6.08. The van der Waals surface area contributed by atoms with Crippen LogP contribution in [0.2, 0.25) is 0 Å². The van der Waals surface area contributed by atoms with Gasteiger partial charge in [-0.2, -0.15) is 0 Å². The second kappa shape index (κ2) is 22.9. The molecule has 82 heavy (non-hydrogen) atoms. The Morgan fingerprint density at radius 1 is 0.134 bits per heavy atom. The fourth-order valence-electron chi connectivity index (χ4n) is 11.3. The lowest BCUT2D eigenvalue weighted by Gasteiger charge is -2.24. The molecule has 0 heterocycles. The highest BCUT2D eigenvalue weighted by Gasteiger charge is 2.24. The van der Waals surface area contributed by atoms with Crippen LogP contribution in [-0.4, -0.2) is 0 Å². The second-order valence-corrected chi connectivity index (χ2v) is 22.9. The third-order valence-electron chi connectivity index (χ3n) is 16.2. The van der Waals surface area contributed by atoms with Crippen molar-refractivity contribution in [3.05, 3.63) is 334 Å². The van der Waals surface area contributed by atoms with Crippen LogP contribution in [0.15, 0.2) is 267 Å². The molecule has 0 saturated heterocycles. The second-order valence-electron chi connectivity index (χ2n) is 22.9. The van der Waals surface area contributed by atoms with Crippen molar-refractivity contribution >= 4 is 11.1 Å². The predicted molar refractivity (Wildman–Crippen MR) is 352 cm³/mol. The zero-order chi connectivity index (χ0) is 56.4. The SMILES string of the molecule is Cc1ccc(-c2cc(C(=C(c3cc(-c4ccc(C)cc4)cc(-c4ccc(C)cc4)c3)c3cc(-c4ccc(C)cc4)cc(-c4ccc(C)cc4)c3)c3cc(-c4ccc(C)cc4)cc(-c4ccc(C)cc4)c3)cc(-c3ccc(C)cc3)c2)cc1. The van der Waals surface area contributed by atoms with Crippen LogP contribution >= 0.6 is 0 Å². The molecule has 0 aliphatic heterocycles. The van der Waals surface area contributed by atoms with Gasteiger partial charge in [-0.3, -0.25) is 0 Å². The van der Waals surface area contributed by atoms with E-state index in [0.29, 0.717) is 0 Å². The zero-order valence-corrected chi connectivity index (χ0v) is 48.4. The molecular weight excluding hydrogens is 985 g/mol. The summed E-state index contributed by atoms with van der Waals surface area (Å²) in [7, 11) is 0. The molecule has 396 valence electrons. The lowest BCUT2D eigenvalue weighted by molar-refractivity contribution is 1.43. The summed E-state index contributed by atoms with van der Waals surface area (Å²) in [5, 5.41) is 0. The first kappa shape index (κ1) is 53.0. The van der Waals surface area contributed by atoms with Crippen LogP contribution in [0.25, 0.3) is 100 Å². The Morgan fingerprint density at radius 3 is 0.354 bits per heavy atom. The van der Waals surface area contributed by atoms with Crippen molar-refractivity contribution in [3.8, 4) is 89.0 Å². The quantitative estimate of drug-likeness (QED) is 0.107. The fourth-order valence-corrected chi connectivity index (χ4v) is 11.3. The Morgan fingerprint density at radius 2 is 0.244 bits per heavy atom. The van der Waals surface area contributed by atoms with E-state index in [1.807, 2.05) is 0 Å². The molecule has 0 bridgehead atoms. The average molecular weight is 1050 g/mol. The van der Waals surface area contributed by atoms with Gasteiger partial charge in [-0.1, -0.05) is 239 Å². The largest absolute Gasteiger partial charge is 0.0587 e. The third-order valence-corrected chi connectivity index (χ3v) is 16.2. The molecule has 0 spiro atoms. The molecular formula is C82H68. The minimum atomic E-state index is 1.12. The van der Waals surface area contributed by atoms with Gasteiger partial charge in [0.1, 0.15) is 0 Å². The van der Waals surface area contributed by atoms with E-state index in [-0.39, 0.29) is 0 Å². The van der Waals surface area contributed by atoms with Crippen molar-refractivity contribution in [2.45, 2.75) is 55.4 Å². The maximum Gasteiger partial charge on any atom is -0.00259 e. The van der Waals surface area contributed by atoms with Crippen LogP contribution in [0.4, 0.5) is 0 Å². The zero-order valence-electron chi connectivity index (χ0n) is 48.4. The third kappa shape index (κ3) is 11.7. The van der Waals surface area contributed by atoms with Gasteiger partial charge in [0, 0.05) is 0 Å². The fraction of sp³-hybridized carbons (Fsp3) is 0.0976. The molecule has 0 radical (unpaired) electrons. The first-order valence-corrected chi connectivity index (χ1v) is 28.7. The molecule has 0 fully saturated rings. The Bertz CT molecular complexity index is 3460. The Labute approximate surface area is 486 Å². The van der Waals surface area contributed by atoms with Gasteiger partial charge < -0.3 is 0 Å². The summed E-state index contributed by atoms with van der Waals surface area (Å²) in [6, 6.07) is 101. The number of hydrogen-bond donors (Lipinski definition) is 0. The first-order chi connectivity index (χ1) is 39.8. The summed E-state index contributed by atoms with van der Waals surface area (Å²) >= 11 is 0. The van der Waals surface area contributed by atoms with E-state index < -0.39 is 0 Å². The molecule has 12 aromatic carbocycles. The topological polar surface area (TPSA) is 0 Å². The van der Waals surface area contributed by atoms with Crippen molar-refractivity contribution in [3.63, 3.8) is 0 Å². The number of benzene rings is 12. The smallest absolute Gasteiger partial charge is 0.00259 e. The van der Waals surface area contributed by atoms with Gasteiger partial charge in [-0.25, -0.2) is 0 Å². The summed E-state index contributed by atoms with van der Waals surface area (Å²) < 4.78 is 0. The number of aryl methyl sites for hydroxylation is 8. The normalized spacial score (nSPS) is 11.2. The van der Waals surface area contributed by atoms with Crippen LogP contribution in [0.1, 0.15) is 66.8 Å². The molecule has 0 heteroatoms. The van der Waals surface area contributed by atoms with E-state index in [9.17, 15) is 0 Å². The lowest BCUT2D eigenvalue weighted by Crippen LogP contribution is -2.01. The molecule has 0 unspecified atom stereocenters. The summed E-state index contributed by atoms with van der Waals surface area (Å²) in [5.41, 5.74) is 35.2. The van der Waals surface area contributed by atoms with Crippen LogP contribution < -0.4 is 0 Å². The first-order valence-electron chi connectivity index (χ1n) is 28.7. The van der Waals surface area contributed by atoms with Crippen molar-refractivity contribution in [2.24, 2.45) is 0 Å². The van der Waals surface area contributed by atoms with E-state index in [1.165, 1.54) is 89.0 Å². The lowest BCUT2D eigenvalue weighted by atomic mass is 9.80. The molecule has 0 aromatic heterocycles. The molecule has 0 aliphatic rings. The van der Waals surface area contributed by atoms with Gasteiger partial charge in [-0.05, 0) is 251 Å². The van der Waals surface area contributed by atoms with Crippen LogP contribution in [-0.2, 0) is 0 Å². The summed E-state index contributed by atoms with van der Waals surface area (Å²) in [6.07, 6.45) is 0. The van der Waals surface area contributed by atoms with Gasteiger partial charge in [0.15, 0.2) is 0 Å². The maximum absolute atomic E-state index is 2.46. The summed E-state index contributed by atoms with van der Waals surface area (Å²) in [6.45, 7) is 17.4. The van der Waals surface area contributed by atoms with Gasteiger partial charge in [0.25, 0.3) is 0 Å². The standard InChI is InChI=1S/C82H68/c1-53-9-25-61(26-10-53)69-41-70(62-27-11-54(2)12-28-62)46-77(45-69)81(78-47-71(63-29-13-55(3)14-30-63)42-72(48-78)64-31-15-56(4)16-32-64)82(79-49-73(65-33-17-57(5)18-34-65)43-74(50-79)66-35-19-58(6)20-36-66)80-51-75(67-37-21-59(7)22-38-67)44-76(52-80)68-39-23-60(8)24-40-68/h9-52H,1-8H3. The molecule has 0 atom stereocenters. The van der Waals surface area contributed by atoms with Gasteiger partial charge in [0.05, 0.1) is 0 Å². The van der Waals surface area contributed by atoms with E-state index >= 15 is 0 Å². The molecule has 12 rings (SSSR count). The molecule has 0 saturated carbocycles. The Balaban J connectivity index is 1.30. The van der Waals surface area contributed by atoms with E-state index in [4.69, 9.17) is 0 Å². The van der Waals surface area contributed by atoms with Crippen LogP contribution in [0.3, 0.4) is 0 Å². The summed E-state index contributed by atoms with van der Waals surface area (Å²) in [4.78, 5) is 0. The minimum Gasteiger partial charge on any atom is -0.0587 e. The number of hydrogen-bond acceptors (Lipinski definition) is 0. The van der Waals surface area contributed by atoms with Gasteiger partial charge in [0.2, 0.25) is 0 Å². The van der Waals surface area contributed by atoms with Crippen molar-refractivity contribution < 1.29 is 0 Å². The molecule has 0 aliphatic carbocycles. The maximum atomic E-state index is 2.46. The molecule has 12 aromatic rings. The van der Waals surface area contributed by atoms with Crippen molar-refractivity contribution in [1.29, 1.82) is 0 Å². The average Bonchev–Trinajstić information content (AvgIpc) is 3.64. The Kier molecular flexibility index (Phi) is 14.8. The number of rotatable bonds is 12. The predicted octanol–water partition coefficient (Wildman–Crippen LogP) is 22.5. The van der Waals surface area contributed by atoms with E-state index in [0.717, 1.165) is 77.9 Å². The van der Waals surface area contributed by atoms with Crippen molar-refractivity contribution in [1.82, 2.24) is 0 Å². The van der Waals surface area contributed by atoms with E-state index in [2.05, 4.69) is 322 Å². The van der Waals surface area contributed by atoms with Gasteiger partial charge in [-0.15, -0.1) is 0 Å². The van der Waals surface area contributed by atoms with Crippen LogP contribution in [0.5, 0.6) is 0 Å². The van der Waals surface area contributed by atoms with E-state index in [1.54, 1.807) is 0 Å². The molecule has 0 amide bonds. The monoisotopic (exact) mass is 1050 g/mol. The summed E-state index contributed by atoms with van der Waals surface area (Å²) in [5.74, 6) is 0. The highest BCUT2D eigenvalue weighted by atomic mass is 14.3. The minimum absolute atomic E-state index is 1.12. The van der Waals surface area contributed by atoms with Crippen molar-refractivity contribution in [2.75, 3.05) is 0 Å². The highest BCUT2D eigenvalue weighted by Crippen LogP contribution is 2.46. The Hall–Kier alpha value is -9.62. The molecule has 0 nitrogen and oxygen atoms in total. The van der Waals surface area contributed by atoms with Crippen LogP contribution in [0, 0.1) is 55.4 Å². The van der Waals surface area contributed by atoms with Gasteiger partial charge >= 0.3 is 0 Å². The molecule has 0 N–H and O–H groups in total.